The fourth-order valence-corrected chi connectivity index (χ4v) is 3.63. The molecule has 122 valence electrons. The van der Waals surface area contributed by atoms with E-state index in [0.717, 1.165) is 57.8 Å². The molecule has 2 rings (SSSR count). The molecular formula is C17H33N3O. The Labute approximate surface area is 130 Å². The Bertz CT molecular complexity index is 318. The number of hydrogen-bond donors (Lipinski definition) is 1. The minimum Gasteiger partial charge on any atom is -0.340 e. The number of piperazine rings is 1. The zero-order valence-electron chi connectivity index (χ0n) is 13.9. The van der Waals surface area contributed by atoms with Crippen molar-refractivity contribution in [2.45, 2.75) is 70.9 Å². The van der Waals surface area contributed by atoms with Crippen molar-refractivity contribution in [2.24, 2.45) is 11.7 Å². The molecule has 2 aliphatic rings. The minimum atomic E-state index is 0.369. The van der Waals surface area contributed by atoms with Gasteiger partial charge in [-0.25, -0.2) is 0 Å². The lowest BCUT2D eigenvalue weighted by molar-refractivity contribution is -0.133. The highest BCUT2D eigenvalue weighted by Crippen LogP contribution is 2.27. The van der Waals surface area contributed by atoms with Crippen LogP contribution in [-0.4, -0.2) is 54.0 Å². The summed E-state index contributed by atoms with van der Waals surface area (Å²) in [6.45, 7) is 8.43. The third-order valence-electron chi connectivity index (χ3n) is 5.54. The van der Waals surface area contributed by atoms with Crippen molar-refractivity contribution in [1.29, 1.82) is 0 Å². The van der Waals surface area contributed by atoms with Crippen molar-refractivity contribution in [2.75, 3.05) is 26.2 Å². The van der Waals surface area contributed by atoms with E-state index < -0.39 is 0 Å². The van der Waals surface area contributed by atoms with Crippen LogP contribution in [0.25, 0.3) is 0 Å². The molecule has 0 aromatic heterocycles. The topological polar surface area (TPSA) is 49.6 Å². The Morgan fingerprint density at radius 1 is 1.14 bits per heavy atom. The van der Waals surface area contributed by atoms with Gasteiger partial charge < -0.3 is 10.6 Å². The summed E-state index contributed by atoms with van der Waals surface area (Å²) >= 11 is 0. The largest absolute Gasteiger partial charge is 0.340 e. The Balaban J connectivity index is 1.65. The van der Waals surface area contributed by atoms with Gasteiger partial charge in [0.05, 0.1) is 0 Å². The molecule has 2 N–H and O–H groups in total. The van der Waals surface area contributed by atoms with Crippen LogP contribution in [0.4, 0.5) is 0 Å². The first-order valence-corrected chi connectivity index (χ1v) is 8.87. The zero-order chi connectivity index (χ0) is 15.2. The van der Waals surface area contributed by atoms with Crippen LogP contribution < -0.4 is 5.73 Å². The molecule has 21 heavy (non-hydrogen) atoms. The molecule has 4 heteroatoms. The van der Waals surface area contributed by atoms with E-state index in [9.17, 15) is 4.79 Å². The third-order valence-corrected chi connectivity index (χ3v) is 5.54. The zero-order valence-corrected chi connectivity index (χ0v) is 13.9. The van der Waals surface area contributed by atoms with Crippen LogP contribution in [0.3, 0.4) is 0 Å². The second-order valence-electron chi connectivity index (χ2n) is 6.99. The summed E-state index contributed by atoms with van der Waals surface area (Å²) in [6.07, 6.45) is 7.73. The van der Waals surface area contributed by atoms with Crippen molar-refractivity contribution in [3.63, 3.8) is 0 Å². The maximum atomic E-state index is 12.3. The maximum absolute atomic E-state index is 12.3. The average Bonchev–Trinajstić information content (AvgIpc) is 2.53. The molecule has 1 unspecified atom stereocenters. The predicted octanol–water partition coefficient (Wildman–Crippen LogP) is 2.23. The second-order valence-corrected chi connectivity index (χ2v) is 6.99. The summed E-state index contributed by atoms with van der Waals surface area (Å²) in [6, 6.07) is 1.05. The molecule has 1 saturated heterocycles. The van der Waals surface area contributed by atoms with Crippen LogP contribution >= 0.6 is 0 Å². The van der Waals surface area contributed by atoms with E-state index in [1.54, 1.807) is 0 Å². The van der Waals surface area contributed by atoms with Gasteiger partial charge in [-0.1, -0.05) is 6.92 Å². The van der Waals surface area contributed by atoms with E-state index in [0.29, 0.717) is 18.0 Å². The maximum Gasteiger partial charge on any atom is 0.222 e. The molecule has 1 saturated carbocycles. The normalized spacial score (nSPS) is 29.4. The van der Waals surface area contributed by atoms with Gasteiger partial charge in [0.25, 0.3) is 0 Å². The number of hydrogen-bond acceptors (Lipinski definition) is 3. The summed E-state index contributed by atoms with van der Waals surface area (Å²) < 4.78 is 0. The number of rotatable bonds is 5. The fourth-order valence-electron chi connectivity index (χ4n) is 3.63. The number of nitrogens with two attached hydrogens (primary N) is 1. The summed E-state index contributed by atoms with van der Waals surface area (Å²) in [5, 5.41) is 0. The van der Waals surface area contributed by atoms with Gasteiger partial charge in [-0.3, -0.25) is 9.69 Å². The number of carbonyl (C=O) groups excluding carboxylic acids is 1. The highest BCUT2D eigenvalue weighted by molar-refractivity contribution is 5.76. The summed E-state index contributed by atoms with van der Waals surface area (Å²) in [5.74, 6) is 1.10. The smallest absolute Gasteiger partial charge is 0.222 e. The van der Waals surface area contributed by atoms with Crippen LogP contribution in [-0.2, 0) is 4.79 Å². The molecule has 1 aliphatic carbocycles. The quantitative estimate of drug-likeness (QED) is 0.846. The number of nitrogens with zero attached hydrogens (tertiary/aromatic N) is 2. The number of amides is 1. The lowest BCUT2D eigenvalue weighted by Gasteiger charge is -2.38. The van der Waals surface area contributed by atoms with Crippen LogP contribution in [0, 0.1) is 5.92 Å². The van der Waals surface area contributed by atoms with Crippen molar-refractivity contribution >= 4 is 5.91 Å². The van der Waals surface area contributed by atoms with Crippen LogP contribution in [0.1, 0.15) is 58.8 Å². The second kappa shape index (κ2) is 8.14. The van der Waals surface area contributed by atoms with E-state index >= 15 is 0 Å². The molecule has 0 radical (unpaired) electrons. The Kier molecular flexibility index (Phi) is 6.49. The van der Waals surface area contributed by atoms with Crippen LogP contribution in [0.15, 0.2) is 0 Å². The Morgan fingerprint density at radius 3 is 2.33 bits per heavy atom. The first-order valence-electron chi connectivity index (χ1n) is 8.87. The molecule has 0 aromatic carbocycles. The van der Waals surface area contributed by atoms with Crippen LogP contribution in [0.5, 0.6) is 0 Å². The number of carbonyl (C=O) groups is 1. The molecule has 1 heterocycles. The molecule has 4 nitrogen and oxygen atoms in total. The molecule has 1 atom stereocenters. The Morgan fingerprint density at radius 2 is 1.76 bits per heavy atom. The molecular weight excluding hydrogens is 262 g/mol. The standard InChI is InChI=1S/C17H33N3O/c1-3-14(2)19-10-12-20(13-11-19)17(21)9-6-15-4-7-16(18)8-5-15/h14-16H,3-13,18H2,1-2H3. The van der Waals surface area contributed by atoms with Crippen LogP contribution in [0.2, 0.25) is 0 Å². The van der Waals surface area contributed by atoms with E-state index in [1.165, 1.54) is 19.3 Å². The van der Waals surface area contributed by atoms with Crippen molar-refractivity contribution in [1.82, 2.24) is 9.80 Å². The van der Waals surface area contributed by atoms with Gasteiger partial charge in [0, 0.05) is 44.7 Å². The van der Waals surface area contributed by atoms with Gasteiger partial charge in [0.15, 0.2) is 0 Å². The summed E-state index contributed by atoms with van der Waals surface area (Å²) in [5.41, 5.74) is 5.94. The summed E-state index contributed by atoms with van der Waals surface area (Å²) in [7, 11) is 0. The van der Waals surface area contributed by atoms with E-state index in [4.69, 9.17) is 5.73 Å². The van der Waals surface area contributed by atoms with Gasteiger partial charge in [0.2, 0.25) is 5.91 Å². The first kappa shape index (κ1) is 16.8. The Hall–Kier alpha value is -0.610. The van der Waals surface area contributed by atoms with E-state index in [-0.39, 0.29) is 0 Å². The van der Waals surface area contributed by atoms with Crippen molar-refractivity contribution in [3.8, 4) is 0 Å². The van der Waals surface area contributed by atoms with Crippen molar-refractivity contribution in [3.05, 3.63) is 0 Å². The van der Waals surface area contributed by atoms with Gasteiger partial charge in [-0.15, -0.1) is 0 Å². The molecule has 1 amide bonds. The molecule has 1 aliphatic heterocycles. The van der Waals surface area contributed by atoms with Gasteiger partial charge in [0.1, 0.15) is 0 Å². The first-order chi connectivity index (χ1) is 10.1. The highest BCUT2D eigenvalue weighted by Gasteiger charge is 2.24. The fraction of sp³-hybridized carbons (Fsp3) is 0.941. The van der Waals surface area contributed by atoms with E-state index in [2.05, 4.69) is 23.6 Å². The lowest BCUT2D eigenvalue weighted by atomic mass is 9.83. The van der Waals surface area contributed by atoms with Gasteiger partial charge >= 0.3 is 0 Å². The van der Waals surface area contributed by atoms with Gasteiger partial charge in [-0.05, 0) is 51.4 Å². The molecule has 0 aromatic rings. The highest BCUT2D eigenvalue weighted by atomic mass is 16.2. The van der Waals surface area contributed by atoms with Crippen molar-refractivity contribution < 1.29 is 4.79 Å². The molecule has 0 bridgehead atoms. The summed E-state index contributed by atoms with van der Waals surface area (Å²) in [4.78, 5) is 16.9. The van der Waals surface area contributed by atoms with E-state index in [1.807, 2.05) is 0 Å². The third kappa shape index (κ3) is 4.96. The molecule has 0 spiro atoms. The monoisotopic (exact) mass is 295 g/mol. The average molecular weight is 295 g/mol. The minimum absolute atomic E-state index is 0.369. The SMILES string of the molecule is CCC(C)N1CCN(C(=O)CCC2CCC(N)CC2)CC1. The lowest BCUT2D eigenvalue weighted by Crippen LogP contribution is -2.51. The predicted molar refractivity (Wildman–Crippen MR) is 87.1 cm³/mol. The molecule has 2 fully saturated rings. The van der Waals surface area contributed by atoms with Gasteiger partial charge in [-0.2, -0.15) is 0 Å².